The van der Waals surface area contributed by atoms with Gasteiger partial charge in [0, 0.05) is 10.3 Å². The Kier molecular flexibility index (Phi) is 21.3. The zero-order valence-electron chi connectivity index (χ0n) is 19.4. The van der Waals surface area contributed by atoms with Gasteiger partial charge in [0.2, 0.25) is 0 Å². The molecule has 0 rings (SSSR count). The first-order valence-electron chi connectivity index (χ1n) is 12.2. The molecule has 0 saturated heterocycles. The fraction of sp³-hybridized carbons (Fsp3) is 1.00. The summed E-state index contributed by atoms with van der Waals surface area (Å²) in [5.41, 5.74) is 0. The van der Waals surface area contributed by atoms with E-state index in [-0.39, 0.29) is 0 Å². The monoisotopic (exact) mass is 512 g/mol. The lowest BCUT2D eigenvalue weighted by Gasteiger charge is -2.40. The predicted octanol–water partition coefficient (Wildman–Crippen LogP) is 8.28. The minimum absolute atomic E-state index is 0.321. The van der Waals surface area contributed by atoms with Gasteiger partial charge in [-0.2, -0.15) is 0 Å². The van der Waals surface area contributed by atoms with Crippen molar-refractivity contribution in [2.45, 2.75) is 124 Å². The Hall–Kier alpha value is 0.610. The Bertz CT molecular complexity index is 286. The van der Waals surface area contributed by atoms with Crippen LogP contribution in [-0.4, -0.2) is 30.2 Å². The van der Waals surface area contributed by atoms with Crippen molar-refractivity contribution in [1.82, 2.24) is 0 Å². The standard InChI is InChI=1S/C24H49IO3/c1-5-9-13-14-15-16-17-23(18-19-25)24(26-20-10-6-2,27-21-11-7-3)28-22-12-8-4/h23H,5-22H2,1-4H3. The van der Waals surface area contributed by atoms with Gasteiger partial charge in [-0.15, -0.1) is 0 Å². The smallest absolute Gasteiger partial charge is 0.285 e. The summed E-state index contributed by atoms with van der Waals surface area (Å²) < 4.78 is 20.4. The highest BCUT2D eigenvalue weighted by Gasteiger charge is 2.42. The third-order valence-electron chi connectivity index (χ3n) is 5.27. The van der Waals surface area contributed by atoms with Gasteiger partial charge in [0.05, 0.1) is 19.8 Å². The quantitative estimate of drug-likeness (QED) is 0.0632. The molecule has 0 spiro atoms. The zero-order valence-corrected chi connectivity index (χ0v) is 21.6. The van der Waals surface area contributed by atoms with Crippen LogP contribution in [-0.2, 0) is 14.2 Å². The van der Waals surface area contributed by atoms with E-state index in [4.69, 9.17) is 14.2 Å². The predicted molar refractivity (Wildman–Crippen MR) is 130 cm³/mol. The molecule has 0 aliphatic rings. The molecule has 0 amide bonds. The maximum atomic E-state index is 6.43. The lowest BCUT2D eigenvalue weighted by atomic mass is 9.95. The summed E-state index contributed by atoms with van der Waals surface area (Å²) in [4.78, 5) is 0. The highest BCUT2D eigenvalue weighted by molar-refractivity contribution is 14.1. The molecule has 0 bridgehead atoms. The van der Waals surface area contributed by atoms with Gasteiger partial charge in [-0.3, -0.25) is 0 Å². The fourth-order valence-corrected chi connectivity index (χ4v) is 4.11. The van der Waals surface area contributed by atoms with Crippen LogP contribution < -0.4 is 0 Å². The van der Waals surface area contributed by atoms with Crippen molar-refractivity contribution < 1.29 is 14.2 Å². The van der Waals surface area contributed by atoms with Crippen molar-refractivity contribution in [2.24, 2.45) is 5.92 Å². The number of unbranched alkanes of at least 4 members (excludes halogenated alkanes) is 8. The Balaban J connectivity index is 5.08. The van der Waals surface area contributed by atoms with E-state index in [1.165, 1.54) is 38.5 Å². The average molecular weight is 513 g/mol. The molecule has 3 nitrogen and oxygen atoms in total. The highest BCUT2D eigenvalue weighted by atomic mass is 127. The molecular formula is C24H49IO3. The zero-order chi connectivity index (χ0) is 20.9. The van der Waals surface area contributed by atoms with E-state index in [2.05, 4.69) is 50.3 Å². The summed E-state index contributed by atoms with van der Waals surface area (Å²) in [7, 11) is 0. The topological polar surface area (TPSA) is 27.7 Å². The summed E-state index contributed by atoms with van der Waals surface area (Å²) in [5, 5.41) is 0. The molecule has 0 saturated carbocycles. The van der Waals surface area contributed by atoms with E-state index in [9.17, 15) is 0 Å². The van der Waals surface area contributed by atoms with Gasteiger partial charge in [-0.05, 0) is 32.1 Å². The van der Waals surface area contributed by atoms with Crippen molar-refractivity contribution in [3.8, 4) is 0 Å². The lowest BCUT2D eigenvalue weighted by molar-refractivity contribution is -0.406. The number of rotatable bonds is 22. The molecule has 0 aliphatic carbocycles. The van der Waals surface area contributed by atoms with Crippen molar-refractivity contribution >= 4 is 22.6 Å². The Morgan fingerprint density at radius 2 is 1.00 bits per heavy atom. The molecule has 0 fully saturated rings. The van der Waals surface area contributed by atoms with Gasteiger partial charge in [-0.1, -0.05) is 108 Å². The lowest BCUT2D eigenvalue weighted by Crippen LogP contribution is -2.47. The number of hydrogen-bond acceptors (Lipinski definition) is 3. The Morgan fingerprint density at radius 3 is 1.43 bits per heavy atom. The first-order valence-corrected chi connectivity index (χ1v) is 13.7. The summed E-state index contributed by atoms with van der Waals surface area (Å²) in [6.07, 6.45) is 16.8. The van der Waals surface area contributed by atoms with Gasteiger partial charge in [-0.25, -0.2) is 0 Å². The molecule has 0 aromatic rings. The second kappa shape index (κ2) is 20.9. The van der Waals surface area contributed by atoms with Crippen LogP contribution in [0.2, 0.25) is 0 Å². The van der Waals surface area contributed by atoms with E-state index in [0.29, 0.717) is 5.92 Å². The molecule has 1 atom stereocenters. The van der Waals surface area contributed by atoms with E-state index < -0.39 is 5.97 Å². The number of ether oxygens (including phenoxy) is 3. The second-order valence-electron chi connectivity index (χ2n) is 7.94. The first kappa shape index (κ1) is 28.6. The summed E-state index contributed by atoms with van der Waals surface area (Å²) in [6, 6.07) is 0. The van der Waals surface area contributed by atoms with Crippen molar-refractivity contribution in [1.29, 1.82) is 0 Å². The summed E-state index contributed by atoms with van der Waals surface area (Å²) >= 11 is 2.49. The molecule has 0 heterocycles. The van der Waals surface area contributed by atoms with Gasteiger partial charge >= 0.3 is 0 Å². The van der Waals surface area contributed by atoms with Crippen LogP contribution in [0.15, 0.2) is 0 Å². The Morgan fingerprint density at radius 1 is 0.571 bits per heavy atom. The molecule has 0 radical (unpaired) electrons. The molecular weight excluding hydrogens is 463 g/mol. The normalized spacial score (nSPS) is 13.2. The van der Waals surface area contributed by atoms with E-state index in [0.717, 1.165) is 75.6 Å². The van der Waals surface area contributed by atoms with Crippen molar-refractivity contribution in [3.63, 3.8) is 0 Å². The maximum absolute atomic E-state index is 6.43. The molecule has 170 valence electrons. The van der Waals surface area contributed by atoms with E-state index in [1.807, 2.05) is 0 Å². The van der Waals surface area contributed by atoms with Gasteiger partial charge in [0.1, 0.15) is 0 Å². The molecule has 28 heavy (non-hydrogen) atoms. The van der Waals surface area contributed by atoms with Gasteiger partial charge in [0.15, 0.2) is 0 Å². The largest absolute Gasteiger partial charge is 0.327 e. The SMILES string of the molecule is CCCCCCCCC(CCI)C(OCCCC)(OCCCC)OCCCC. The van der Waals surface area contributed by atoms with Crippen LogP contribution in [0, 0.1) is 5.92 Å². The molecule has 0 aromatic carbocycles. The number of alkyl halides is 1. The first-order chi connectivity index (χ1) is 13.7. The van der Waals surface area contributed by atoms with Crippen LogP contribution in [0.25, 0.3) is 0 Å². The number of hydrogen-bond donors (Lipinski definition) is 0. The van der Waals surface area contributed by atoms with Crippen LogP contribution in [0.4, 0.5) is 0 Å². The molecule has 1 unspecified atom stereocenters. The van der Waals surface area contributed by atoms with Crippen LogP contribution in [0.5, 0.6) is 0 Å². The third-order valence-corrected chi connectivity index (χ3v) is 5.89. The van der Waals surface area contributed by atoms with Crippen LogP contribution in [0.3, 0.4) is 0 Å². The minimum atomic E-state index is -0.839. The molecule has 0 aliphatic heterocycles. The molecule has 0 N–H and O–H groups in total. The highest BCUT2D eigenvalue weighted by Crippen LogP contribution is 2.34. The molecule has 4 heteroatoms. The number of halogens is 1. The van der Waals surface area contributed by atoms with E-state index in [1.54, 1.807) is 0 Å². The molecule has 0 aromatic heterocycles. The third kappa shape index (κ3) is 13.8. The fourth-order valence-electron chi connectivity index (χ4n) is 3.36. The maximum Gasteiger partial charge on any atom is 0.285 e. The average Bonchev–Trinajstić information content (AvgIpc) is 2.70. The van der Waals surface area contributed by atoms with Gasteiger partial charge in [0.25, 0.3) is 5.97 Å². The van der Waals surface area contributed by atoms with Crippen LogP contribution >= 0.6 is 22.6 Å². The van der Waals surface area contributed by atoms with Crippen molar-refractivity contribution in [2.75, 3.05) is 24.2 Å². The van der Waals surface area contributed by atoms with Crippen LogP contribution in [0.1, 0.15) is 118 Å². The van der Waals surface area contributed by atoms with Gasteiger partial charge < -0.3 is 14.2 Å². The minimum Gasteiger partial charge on any atom is -0.327 e. The second-order valence-corrected chi connectivity index (χ2v) is 9.02. The van der Waals surface area contributed by atoms with Crippen molar-refractivity contribution in [3.05, 3.63) is 0 Å². The summed E-state index contributed by atoms with van der Waals surface area (Å²) in [5.74, 6) is -0.519. The van der Waals surface area contributed by atoms with E-state index >= 15 is 0 Å². The Labute approximate surface area is 190 Å². The summed E-state index contributed by atoms with van der Waals surface area (Å²) in [6.45, 7) is 11.1.